The molecule has 0 aliphatic heterocycles. The molecular formula is C18H14ClF2N3OS. The molecule has 0 radical (unpaired) electrons. The second kappa shape index (κ2) is 7.80. The number of rotatable bonds is 4. The van der Waals surface area contributed by atoms with Crippen molar-refractivity contribution >= 4 is 40.2 Å². The van der Waals surface area contributed by atoms with Gasteiger partial charge in [0.2, 0.25) is 5.91 Å². The topological polar surface area (TPSA) is 46.4 Å². The molecule has 1 heterocycles. The minimum absolute atomic E-state index is 0.0325. The molecule has 0 spiro atoms. The highest BCUT2D eigenvalue weighted by Gasteiger charge is 2.11. The van der Waals surface area contributed by atoms with Crippen molar-refractivity contribution in [3.8, 4) is 0 Å². The molecule has 2 aromatic carbocycles. The lowest BCUT2D eigenvalue weighted by atomic mass is 10.2. The molecule has 3 aromatic rings. The van der Waals surface area contributed by atoms with Crippen LogP contribution in [0.4, 0.5) is 20.2 Å². The van der Waals surface area contributed by atoms with Crippen LogP contribution in [0.1, 0.15) is 5.69 Å². The zero-order chi connectivity index (χ0) is 18.7. The fourth-order valence-electron chi connectivity index (χ4n) is 2.27. The fraction of sp³-hybridized carbons (Fsp3) is 0.111. The summed E-state index contributed by atoms with van der Waals surface area (Å²) in [5, 5.41) is 4.62. The number of aromatic nitrogens is 1. The van der Waals surface area contributed by atoms with E-state index in [9.17, 15) is 13.6 Å². The third-order valence-corrected chi connectivity index (χ3v) is 4.80. The second-order valence-corrected chi connectivity index (χ2v) is 6.78. The number of anilines is 1. The average molecular weight is 394 g/mol. The Morgan fingerprint density at radius 3 is 2.85 bits per heavy atom. The molecule has 134 valence electrons. The lowest BCUT2D eigenvalue weighted by molar-refractivity contribution is -0.115. The van der Waals surface area contributed by atoms with Gasteiger partial charge in [-0.2, -0.15) is 0 Å². The highest BCUT2D eigenvalue weighted by molar-refractivity contribution is 7.07. The van der Waals surface area contributed by atoms with Gasteiger partial charge in [-0.1, -0.05) is 17.7 Å². The molecule has 26 heavy (non-hydrogen) atoms. The Bertz CT molecular complexity index is 1030. The van der Waals surface area contributed by atoms with Crippen LogP contribution in [0, 0.1) is 11.6 Å². The van der Waals surface area contributed by atoms with E-state index in [2.05, 4.69) is 10.3 Å². The zero-order valence-corrected chi connectivity index (χ0v) is 15.2. The van der Waals surface area contributed by atoms with Crippen molar-refractivity contribution in [2.45, 2.75) is 6.42 Å². The van der Waals surface area contributed by atoms with Crippen LogP contribution in [0.15, 0.2) is 52.8 Å². The Morgan fingerprint density at radius 1 is 1.27 bits per heavy atom. The summed E-state index contributed by atoms with van der Waals surface area (Å²) in [5.41, 5.74) is 1.22. The van der Waals surface area contributed by atoms with Gasteiger partial charge in [0, 0.05) is 23.1 Å². The lowest BCUT2D eigenvalue weighted by Gasteiger charge is -2.07. The van der Waals surface area contributed by atoms with Gasteiger partial charge in [-0.15, -0.1) is 11.3 Å². The summed E-state index contributed by atoms with van der Waals surface area (Å²) in [5.74, 6) is -1.30. The van der Waals surface area contributed by atoms with Crippen LogP contribution in [-0.4, -0.2) is 10.5 Å². The van der Waals surface area contributed by atoms with Crippen molar-refractivity contribution in [3.05, 3.63) is 75.0 Å². The highest BCUT2D eigenvalue weighted by Crippen LogP contribution is 2.20. The van der Waals surface area contributed by atoms with Crippen LogP contribution in [0.25, 0.3) is 0 Å². The maximum absolute atomic E-state index is 13.7. The van der Waals surface area contributed by atoms with Crippen molar-refractivity contribution in [1.82, 2.24) is 4.57 Å². The zero-order valence-electron chi connectivity index (χ0n) is 13.7. The molecule has 0 aliphatic rings. The predicted octanol–water partition coefficient (Wildman–Crippen LogP) is 4.43. The molecule has 1 amide bonds. The number of hydrogen-bond donors (Lipinski definition) is 1. The molecule has 0 unspecified atom stereocenters. The summed E-state index contributed by atoms with van der Waals surface area (Å²) < 4.78 is 28.7. The Morgan fingerprint density at radius 2 is 2.08 bits per heavy atom. The van der Waals surface area contributed by atoms with Crippen LogP contribution in [0.5, 0.6) is 0 Å². The number of thiazole rings is 1. The summed E-state index contributed by atoms with van der Waals surface area (Å²) in [6, 6.07) is 9.90. The van der Waals surface area contributed by atoms with Crippen molar-refractivity contribution in [3.63, 3.8) is 0 Å². The third kappa shape index (κ3) is 4.36. The SMILES string of the molecule is Cn1c(CC(=O)Nc2cc(Cl)ccc2F)csc1=Nc1cccc(F)c1. The highest BCUT2D eigenvalue weighted by atomic mass is 35.5. The first-order chi connectivity index (χ1) is 12.4. The number of carbonyl (C=O) groups excluding carboxylic acids is 1. The van der Waals surface area contributed by atoms with Gasteiger partial charge in [-0.05, 0) is 36.4 Å². The van der Waals surface area contributed by atoms with Crippen molar-refractivity contribution < 1.29 is 13.6 Å². The van der Waals surface area contributed by atoms with Crippen LogP contribution in [0.2, 0.25) is 5.02 Å². The van der Waals surface area contributed by atoms with E-state index in [-0.39, 0.29) is 23.8 Å². The van der Waals surface area contributed by atoms with Gasteiger partial charge >= 0.3 is 0 Å². The molecule has 0 aliphatic carbocycles. The smallest absolute Gasteiger partial charge is 0.230 e. The minimum Gasteiger partial charge on any atom is -0.323 e. The van der Waals surface area contributed by atoms with E-state index >= 15 is 0 Å². The number of amides is 1. The van der Waals surface area contributed by atoms with E-state index in [1.54, 1.807) is 29.1 Å². The van der Waals surface area contributed by atoms with Crippen molar-refractivity contribution in [2.75, 3.05) is 5.32 Å². The van der Waals surface area contributed by atoms with Gasteiger partial charge in [0.15, 0.2) is 4.80 Å². The van der Waals surface area contributed by atoms with Crippen LogP contribution in [0.3, 0.4) is 0 Å². The standard InChI is InChI=1S/C18H14ClF2N3OS/c1-24-14(9-17(25)23-16-7-11(19)5-6-15(16)21)10-26-18(24)22-13-4-2-3-12(20)8-13/h2-8,10H,9H2,1H3,(H,23,25). The van der Waals surface area contributed by atoms with Crippen LogP contribution < -0.4 is 10.1 Å². The molecule has 0 saturated carbocycles. The first kappa shape index (κ1) is 18.3. The quantitative estimate of drug-likeness (QED) is 0.700. The molecule has 8 heteroatoms. The van der Waals surface area contributed by atoms with Gasteiger partial charge in [-0.25, -0.2) is 13.8 Å². The van der Waals surface area contributed by atoms with Gasteiger partial charge in [0.25, 0.3) is 0 Å². The van der Waals surface area contributed by atoms with Crippen LogP contribution in [-0.2, 0) is 18.3 Å². The monoisotopic (exact) mass is 393 g/mol. The molecule has 0 saturated heterocycles. The summed E-state index contributed by atoms with van der Waals surface area (Å²) >= 11 is 7.15. The van der Waals surface area contributed by atoms with Gasteiger partial charge in [-0.3, -0.25) is 4.79 Å². The van der Waals surface area contributed by atoms with E-state index < -0.39 is 5.82 Å². The Hall–Kier alpha value is -2.51. The van der Waals surface area contributed by atoms with Crippen molar-refractivity contribution in [2.24, 2.45) is 12.0 Å². The third-order valence-electron chi connectivity index (χ3n) is 3.60. The number of carbonyl (C=O) groups is 1. The predicted molar refractivity (Wildman–Crippen MR) is 98.7 cm³/mol. The normalized spacial score (nSPS) is 11.6. The molecule has 3 rings (SSSR count). The summed E-state index contributed by atoms with van der Waals surface area (Å²) in [7, 11) is 1.76. The maximum Gasteiger partial charge on any atom is 0.230 e. The Kier molecular flexibility index (Phi) is 5.49. The first-order valence-corrected chi connectivity index (χ1v) is 8.87. The molecule has 1 N–H and O–H groups in total. The molecule has 0 bridgehead atoms. The fourth-order valence-corrected chi connectivity index (χ4v) is 3.36. The van der Waals surface area contributed by atoms with Crippen molar-refractivity contribution in [1.29, 1.82) is 0 Å². The first-order valence-electron chi connectivity index (χ1n) is 7.61. The molecular weight excluding hydrogens is 380 g/mol. The number of hydrogen-bond acceptors (Lipinski definition) is 3. The summed E-state index contributed by atoms with van der Waals surface area (Å²) in [6.07, 6.45) is 0.0393. The number of nitrogens with zero attached hydrogens (tertiary/aromatic N) is 2. The van der Waals surface area contributed by atoms with Crippen LogP contribution >= 0.6 is 22.9 Å². The lowest BCUT2D eigenvalue weighted by Crippen LogP contribution is -2.20. The maximum atomic E-state index is 13.7. The average Bonchev–Trinajstić information content (AvgIpc) is 2.91. The number of nitrogens with one attached hydrogen (secondary N) is 1. The molecule has 0 atom stereocenters. The summed E-state index contributed by atoms with van der Waals surface area (Å²) in [6.45, 7) is 0. The van der Waals surface area contributed by atoms with E-state index in [4.69, 9.17) is 11.6 Å². The van der Waals surface area contributed by atoms with Gasteiger partial charge in [0.05, 0.1) is 17.8 Å². The van der Waals surface area contributed by atoms with E-state index in [0.717, 1.165) is 0 Å². The van der Waals surface area contributed by atoms with E-state index in [0.29, 0.717) is 21.2 Å². The molecule has 0 fully saturated rings. The largest absolute Gasteiger partial charge is 0.323 e. The summed E-state index contributed by atoms with van der Waals surface area (Å²) in [4.78, 5) is 17.2. The molecule has 1 aromatic heterocycles. The van der Waals surface area contributed by atoms with E-state index in [1.165, 1.54) is 41.7 Å². The van der Waals surface area contributed by atoms with E-state index in [1.807, 2.05) is 0 Å². The van der Waals surface area contributed by atoms with Gasteiger partial charge < -0.3 is 9.88 Å². The number of halogens is 3. The second-order valence-electron chi connectivity index (χ2n) is 5.51. The number of benzene rings is 2. The van der Waals surface area contributed by atoms with Gasteiger partial charge in [0.1, 0.15) is 11.6 Å². The Balaban J connectivity index is 1.78. The molecule has 4 nitrogen and oxygen atoms in total. The minimum atomic E-state index is -0.556. The Labute approximate surface area is 157 Å².